The van der Waals surface area contributed by atoms with Crippen molar-refractivity contribution in [3.63, 3.8) is 0 Å². The van der Waals surface area contributed by atoms with E-state index in [1.807, 2.05) is 6.92 Å². The molecule has 1 aliphatic rings. The molecule has 0 aliphatic carbocycles. The number of methoxy groups -OCH3 is 1. The summed E-state index contributed by atoms with van der Waals surface area (Å²) in [7, 11) is 1.47. The average molecular weight is 266 g/mol. The molecule has 0 bridgehead atoms. The molecule has 0 atom stereocenters. The van der Waals surface area contributed by atoms with Crippen LogP contribution in [0.15, 0.2) is 12.4 Å². The van der Waals surface area contributed by atoms with Gasteiger partial charge in [-0.1, -0.05) is 0 Å². The monoisotopic (exact) mass is 266 g/mol. The van der Waals surface area contributed by atoms with Crippen LogP contribution in [0.4, 0.5) is 0 Å². The van der Waals surface area contributed by atoms with Crippen molar-refractivity contribution in [2.24, 2.45) is 0 Å². The van der Waals surface area contributed by atoms with Crippen molar-refractivity contribution in [1.82, 2.24) is 9.97 Å². The van der Waals surface area contributed by atoms with Crippen LogP contribution in [0, 0.1) is 0 Å². The summed E-state index contributed by atoms with van der Waals surface area (Å²) < 4.78 is 16.1. The van der Waals surface area contributed by atoms with E-state index < -0.39 is 5.60 Å². The fourth-order valence-corrected chi connectivity index (χ4v) is 2.26. The molecule has 0 radical (unpaired) electrons. The summed E-state index contributed by atoms with van der Waals surface area (Å²) in [6.45, 7) is 3.36. The van der Waals surface area contributed by atoms with Crippen molar-refractivity contribution >= 4 is 5.78 Å². The van der Waals surface area contributed by atoms with Gasteiger partial charge in [0.15, 0.2) is 5.69 Å². The number of ketones is 1. The Bertz CT molecular complexity index is 439. The van der Waals surface area contributed by atoms with E-state index in [2.05, 4.69) is 9.97 Å². The molecule has 6 heteroatoms. The number of Topliss-reactive ketones (excluding diaryl/α,β-unsaturated/α-hetero) is 1. The number of aromatic nitrogens is 2. The van der Waals surface area contributed by atoms with Gasteiger partial charge in [-0.25, -0.2) is 9.97 Å². The van der Waals surface area contributed by atoms with E-state index in [1.54, 1.807) is 0 Å². The highest BCUT2D eigenvalue weighted by molar-refractivity contribution is 6.02. The van der Waals surface area contributed by atoms with Crippen molar-refractivity contribution in [2.45, 2.75) is 25.4 Å². The number of rotatable bonds is 5. The third kappa shape index (κ3) is 2.74. The fraction of sp³-hybridized carbons (Fsp3) is 0.615. The minimum Gasteiger partial charge on any atom is -0.479 e. The molecule has 1 fully saturated rings. The van der Waals surface area contributed by atoms with Crippen LogP contribution in [-0.2, 0) is 9.47 Å². The minimum absolute atomic E-state index is 0.178. The van der Waals surface area contributed by atoms with Crippen LogP contribution in [-0.4, -0.2) is 48.3 Å². The molecular formula is C13H18N2O4. The maximum atomic E-state index is 12.7. The first kappa shape index (κ1) is 13.9. The van der Waals surface area contributed by atoms with Crippen LogP contribution in [0.25, 0.3) is 0 Å². The SMILES string of the molecule is CCOC1(C(=O)c2nccnc2OC)CCOCC1. The van der Waals surface area contributed by atoms with E-state index >= 15 is 0 Å². The van der Waals surface area contributed by atoms with Crippen molar-refractivity contribution in [1.29, 1.82) is 0 Å². The first-order valence-electron chi connectivity index (χ1n) is 6.35. The number of ether oxygens (including phenoxy) is 3. The first-order valence-corrected chi connectivity index (χ1v) is 6.35. The van der Waals surface area contributed by atoms with Gasteiger partial charge in [-0.15, -0.1) is 0 Å². The van der Waals surface area contributed by atoms with Gasteiger partial charge >= 0.3 is 0 Å². The van der Waals surface area contributed by atoms with E-state index in [0.717, 1.165) is 0 Å². The summed E-state index contributed by atoms with van der Waals surface area (Å²) in [5.41, 5.74) is -0.642. The lowest BCUT2D eigenvalue weighted by atomic mass is 9.87. The van der Waals surface area contributed by atoms with Gasteiger partial charge in [0.1, 0.15) is 5.60 Å². The molecule has 0 saturated carbocycles. The highest BCUT2D eigenvalue weighted by Crippen LogP contribution is 2.30. The van der Waals surface area contributed by atoms with Crippen LogP contribution in [0.1, 0.15) is 30.3 Å². The number of carbonyl (C=O) groups excluding carboxylic acids is 1. The number of nitrogens with zero attached hydrogens (tertiary/aromatic N) is 2. The molecule has 6 nitrogen and oxygen atoms in total. The minimum atomic E-state index is -0.865. The molecule has 104 valence electrons. The summed E-state index contributed by atoms with van der Waals surface area (Å²) in [6.07, 6.45) is 4.03. The van der Waals surface area contributed by atoms with Gasteiger partial charge in [-0.3, -0.25) is 4.79 Å². The lowest BCUT2D eigenvalue weighted by Crippen LogP contribution is -2.47. The van der Waals surface area contributed by atoms with Gasteiger partial charge in [0.05, 0.1) is 7.11 Å². The summed E-state index contributed by atoms with van der Waals surface area (Å²) in [4.78, 5) is 20.8. The number of carbonyl (C=O) groups is 1. The average Bonchev–Trinajstić information content (AvgIpc) is 2.47. The number of hydrogen-bond donors (Lipinski definition) is 0. The zero-order chi connectivity index (χ0) is 13.7. The van der Waals surface area contributed by atoms with Crippen molar-refractivity contribution in [3.05, 3.63) is 18.1 Å². The maximum absolute atomic E-state index is 12.7. The summed E-state index contributed by atoms with van der Waals surface area (Å²) in [5.74, 6) is 0.0562. The Morgan fingerprint density at radius 1 is 1.37 bits per heavy atom. The predicted octanol–water partition coefficient (Wildman–Crippen LogP) is 1.25. The van der Waals surface area contributed by atoms with Crippen molar-refractivity contribution in [2.75, 3.05) is 26.9 Å². The standard InChI is InChI=1S/C13H18N2O4/c1-3-19-13(4-8-18-9-5-13)11(16)10-12(17-2)15-7-6-14-10/h6-7H,3-5,8-9H2,1-2H3. The Morgan fingerprint density at radius 3 is 2.68 bits per heavy atom. The molecule has 1 aliphatic heterocycles. The third-order valence-electron chi connectivity index (χ3n) is 3.21. The van der Waals surface area contributed by atoms with Crippen LogP contribution in [0.2, 0.25) is 0 Å². The summed E-state index contributed by atoms with van der Waals surface area (Å²) in [5, 5.41) is 0. The molecule has 1 aromatic heterocycles. The Morgan fingerprint density at radius 2 is 2.05 bits per heavy atom. The van der Waals surface area contributed by atoms with Gasteiger partial charge in [0.2, 0.25) is 11.7 Å². The molecule has 1 saturated heterocycles. The molecule has 19 heavy (non-hydrogen) atoms. The van der Waals surface area contributed by atoms with E-state index in [1.165, 1.54) is 19.5 Å². The fourth-order valence-electron chi connectivity index (χ4n) is 2.26. The van der Waals surface area contributed by atoms with Gasteiger partial charge in [0.25, 0.3) is 0 Å². The summed E-state index contributed by atoms with van der Waals surface area (Å²) >= 11 is 0. The zero-order valence-electron chi connectivity index (χ0n) is 11.2. The second-order valence-corrected chi connectivity index (χ2v) is 4.28. The molecular weight excluding hydrogens is 248 g/mol. The first-order chi connectivity index (χ1) is 9.23. The Labute approximate surface area is 112 Å². The van der Waals surface area contributed by atoms with Gasteiger partial charge in [-0.05, 0) is 6.92 Å². The van der Waals surface area contributed by atoms with Gasteiger partial charge in [0, 0.05) is 45.1 Å². The lowest BCUT2D eigenvalue weighted by molar-refractivity contribution is -0.0825. The molecule has 1 aromatic rings. The zero-order valence-corrected chi connectivity index (χ0v) is 11.2. The van der Waals surface area contributed by atoms with Crippen molar-refractivity contribution < 1.29 is 19.0 Å². The quantitative estimate of drug-likeness (QED) is 0.747. The second kappa shape index (κ2) is 6.08. The molecule has 0 aromatic carbocycles. The molecule has 2 heterocycles. The second-order valence-electron chi connectivity index (χ2n) is 4.28. The largest absolute Gasteiger partial charge is 0.479 e. The van der Waals surface area contributed by atoms with Crippen LogP contribution in [0.3, 0.4) is 0 Å². The van der Waals surface area contributed by atoms with Crippen LogP contribution < -0.4 is 4.74 Å². The number of hydrogen-bond acceptors (Lipinski definition) is 6. The smallest absolute Gasteiger partial charge is 0.243 e. The van der Waals surface area contributed by atoms with Crippen molar-refractivity contribution in [3.8, 4) is 5.88 Å². The Kier molecular flexibility index (Phi) is 4.44. The highest BCUT2D eigenvalue weighted by Gasteiger charge is 2.43. The van der Waals surface area contributed by atoms with Gasteiger partial charge < -0.3 is 14.2 Å². The van der Waals surface area contributed by atoms with Crippen LogP contribution >= 0.6 is 0 Å². The van der Waals surface area contributed by atoms with Gasteiger partial charge in [-0.2, -0.15) is 0 Å². The van der Waals surface area contributed by atoms with E-state index in [0.29, 0.717) is 32.7 Å². The topological polar surface area (TPSA) is 70.5 Å². The molecule has 0 spiro atoms. The van der Waals surface area contributed by atoms with E-state index in [9.17, 15) is 4.79 Å². The summed E-state index contributed by atoms with van der Waals surface area (Å²) in [6, 6.07) is 0. The molecule has 2 rings (SSSR count). The predicted molar refractivity (Wildman–Crippen MR) is 67.3 cm³/mol. The Balaban J connectivity index is 2.33. The Hall–Kier alpha value is -1.53. The molecule has 0 amide bonds. The normalized spacial score (nSPS) is 18.0. The maximum Gasteiger partial charge on any atom is 0.243 e. The highest BCUT2D eigenvalue weighted by atomic mass is 16.5. The third-order valence-corrected chi connectivity index (χ3v) is 3.21. The molecule has 0 unspecified atom stereocenters. The van der Waals surface area contributed by atoms with E-state index in [4.69, 9.17) is 14.2 Å². The lowest BCUT2D eigenvalue weighted by Gasteiger charge is -2.35. The molecule has 0 N–H and O–H groups in total. The van der Waals surface area contributed by atoms with E-state index in [-0.39, 0.29) is 17.4 Å². The van der Waals surface area contributed by atoms with Crippen LogP contribution in [0.5, 0.6) is 5.88 Å².